The van der Waals surface area contributed by atoms with Crippen molar-refractivity contribution in [2.75, 3.05) is 14.2 Å². The first-order valence-corrected chi connectivity index (χ1v) is 10.9. The van der Waals surface area contributed by atoms with Gasteiger partial charge in [0.15, 0.2) is 0 Å². The molecule has 0 bridgehead atoms. The average Bonchev–Trinajstić information content (AvgIpc) is 2.85. The van der Waals surface area contributed by atoms with E-state index >= 15 is 0 Å². The molecule has 0 aliphatic carbocycles. The average molecular weight is 447 g/mol. The van der Waals surface area contributed by atoms with Gasteiger partial charge in [-0.1, -0.05) is 54.6 Å². The number of amides is 2. The van der Waals surface area contributed by atoms with Crippen LogP contribution in [-0.4, -0.2) is 32.1 Å². The molecule has 0 saturated heterocycles. The van der Waals surface area contributed by atoms with Crippen LogP contribution in [0.2, 0.25) is 0 Å². The van der Waals surface area contributed by atoms with Crippen molar-refractivity contribution in [1.29, 1.82) is 0 Å². The number of hydrogen-bond acceptors (Lipinski definition) is 4. The molecule has 0 spiro atoms. The van der Waals surface area contributed by atoms with Crippen LogP contribution in [0, 0.1) is 0 Å². The smallest absolute Gasteiger partial charge is 0.243 e. The Morgan fingerprint density at radius 3 is 1.85 bits per heavy atom. The SMILES string of the molecule is COc1ccc(CC(=O)NC(Cc2ccc(OC)cc2)C(=O)N[C@@H](C)c2ccccc2)cc1. The van der Waals surface area contributed by atoms with E-state index in [9.17, 15) is 9.59 Å². The van der Waals surface area contributed by atoms with E-state index in [2.05, 4.69) is 10.6 Å². The Hall–Kier alpha value is -3.80. The van der Waals surface area contributed by atoms with Gasteiger partial charge in [0, 0.05) is 6.42 Å². The number of carbonyl (C=O) groups is 2. The zero-order chi connectivity index (χ0) is 23.6. The largest absolute Gasteiger partial charge is 0.497 e. The molecule has 6 nitrogen and oxygen atoms in total. The molecular formula is C27H30N2O4. The molecule has 2 N–H and O–H groups in total. The molecule has 172 valence electrons. The molecule has 0 aromatic heterocycles. The standard InChI is InChI=1S/C27H30N2O4/c1-19(22-7-5-4-6-8-22)28-27(31)25(17-20-9-13-23(32-2)14-10-20)29-26(30)18-21-11-15-24(33-3)16-12-21/h4-16,19,25H,17-18H2,1-3H3,(H,28,31)(H,29,30)/t19-,25?/m0/s1. The molecule has 2 amide bonds. The Morgan fingerprint density at radius 2 is 1.30 bits per heavy atom. The summed E-state index contributed by atoms with van der Waals surface area (Å²) >= 11 is 0. The normalized spacial score (nSPS) is 12.3. The second-order valence-electron chi connectivity index (χ2n) is 7.84. The van der Waals surface area contributed by atoms with Crippen molar-refractivity contribution in [2.24, 2.45) is 0 Å². The molecule has 0 aliphatic rings. The first-order valence-electron chi connectivity index (χ1n) is 10.9. The lowest BCUT2D eigenvalue weighted by Gasteiger charge is -2.22. The van der Waals surface area contributed by atoms with Crippen molar-refractivity contribution in [3.8, 4) is 11.5 Å². The third-order valence-corrected chi connectivity index (χ3v) is 5.43. The molecule has 0 saturated carbocycles. The van der Waals surface area contributed by atoms with Crippen LogP contribution in [0.5, 0.6) is 11.5 Å². The van der Waals surface area contributed by atoms with Gasteiger partial charge in [-0.15, -0.1) is 0 Å². The Labute approximate surface area is 194 Å². The maximum Gasteiger partial charge on any atom is 0.243 e. The number of carbonyl (C=O) groups excluding carboxylic acids is 2. The Bertz CT molecular complexity index is 1030. The number of nitrogens with one attached hydrogen (secondary N) is 2. The first-order chi connectivity index (χ1) is 16.0. The quantitative estimate of drug-likeness (QED) is 0.496. The molecule has 0 fully saturated rings. The molecule has 3 rings (SSSR count). The zero-order valence-corrected chi connectivity index (χ0v) is 19.2. The van der Waals surface area contributed by atoms with Gasteiger partial charge in [0.05, 0.1) is 26.7 Å². The lowest BCUT2D eigenvalue weighted by molar-refractivity contribution is -0.129. The molecule has 6 heteroatoms. The summed E-state index contributed by atoms with van der Waals surface area (Å²) in [4.78, 5) is 25.9. The maximum atomic E-state index is 13.2. The van der Waals surface area contributed by atoms with Gasteiger partial charge in [0.1, 0.15) is 17.5 Å². The van der Waals surface area contributed by atoms with E-state index in [1.165, 1.54) is 0 Å². The van der Waals surface area contributed by atoms with Gasteiger partial charge in [0.2, 0.25) is 11.8 Å². The molecular weight excluding hydrogens is 416 g/mol. The number of ether oxygens (including phenoxy) is 2. The number of methoxy groups -OCH3 is 2. The summed E-state index contributed by atoms with van der Waals surface area (Å²) in [7, 11) is 3.20. The second kappa shape index (κ2) is 11.7. The molecule has 1 unspecified atom stereocenters. The van der Waals surface area contributed by atoms with Crippen LogP contribution >= 0.6 is 0 Å². The minimum Gasteiger partial charge on any atom is -0.497 e. The summed E-state index contributed by atoms with van der Waals surface area (Å²) in [5.74, 6) is 1.01. The molecule has 3 aromatic carbocycles. The molecule has 3 aromatic rings. The van der Waals surface area contributed by atoms with Crippen LogP contribution in [0.3, 0.4) is 0 Å². The van der Waals surface area contributed by atoms with E-state index in [0.717, 1.165) is 28.2 Å². The Morgan fingerprint density at radius 1 is 0.758 bits per heavy atom. The van der Waals surface area contributed by atoms with Crippen LogP contribution in [-0.2, 0) is 22.4 Å². The highest BCUT2D eigenvalue weighted by Crippen LogP contribution is 2.16. The minimum atomic E-state index is -0.713. The number of rotatable bonds is 10. The fraction of sp³-hybridized carbons (Fsp3) is 0.259. The first kappa shape index (κ1) is 23.9. The summed E-state index contributed by atoms with van der Waals surface area (Å²) < 4.78 is 10.4. The van der Waals surface area contributed by atoms with Crippen molar-refractivity contribution >= 4 is 11.8 Å². The predicted molar refractivity (Wildman–Crippen MR) is 128 cm³/mol. The van der Waals surface area contributed by atoms with E-state index in [1.54, 1.807) is 14.2 Å². The maximum absolute atomic E-state index is 13.2. The van der Waals surface area contributed by atoms with Crippen molar-refractivity contribution in [1.82, 2.24) is 10.6 Å². The minimum absolute atomic E-state index is 0.171. The summed E-state index contributed by atoms with van der Waals surface area (Å²) in [6.45, 7) is 1.93. The van der Waals surface area contributed by atoms with Gasteiger partial charge in [-0.25, -0.2) is 0 Å². The van der Waals surface area contributed by atoms with E-state index in [1.807, 2.05) is 85.8 Å². The fourth-order valence-corrected chi connectivity index (χ4v) is 3.52. The summed E-state index contributed by atoms with van der Waals surface area (Å²) in [6.07, 6.45) is 0.538. The summed E-state index contributed by atoms with van der Waals surface area (Å²) in [6, 6.07) is 23.6. The molecule has 33 heavy (non-hydrogen) atoms. The van der Waals surface area contributed by atoms with E-state index in [0.29, 0.717) is 6.42 Å². The molecule has 0 aliphatic heterocycles. The van der Waals surface area contributed by atoms with Gasteiger partial charge in [-0.05, 0) is 47.9 Å². The topological polar surface area (TPSA) is 76.7 Å². The van der Waals surface area contributed by atoms with E-state index in [-0.39, 0.29) is 24.3 Å². The second-order valence-corrected chi connectivity index (χ2v) is 7.84. The molecule has 2 atom stereocenters. The lowest BCUT2D eigenvalue weighted by atomic mass is 10.0. The van der Waals surface area contributed by atoms with E-state index in [4.69, 9.17) is 9.47 Å². The van der Waals surface area contributed by atoms with Gasteiger partial charge >= 0.3 is 0 Å². The predicted octanol–water partition coefficient (Wildman–Crippen LogP) is 3.85. The number of hydrogen-bond donors (Lipinski definition) is 2. The van der Waals surface area contributed by atoms with Crippen LogP contribution < -0.4 is 20.1 Å². The fourth-order valence-electron chi connectivity index (χ4n) is 3.52. The zero-order valence-electron chi connectivity index (χ0n) is 19.2. The monoisotopic (exact) mass is 446 g/mol. The van der Waals surface area contributed by atoms with Crippen LogP contribution in [0.1, 0.15) is 29.7 Å². The van der Waals surface area contributed by atoms with Gasteiger partial charge in [-0.2, -0.15) is 0 Å². The highest BCUT2D eigenvalue weighted by Gasteiger charge is 2.23. The Kier molecular flexibility index (Phi) is 8.47. The van der Waals surface area contributed by atoms with Crippen LogP contribution in [0.15, 0.2) is 78.9 Å². The van der Waals surface area contributed by atoms with Gasteiger partial charge < -0.3 is 20.1 Å². The van der Waals surface area contributed by atoms with Gasteiger partial charge in [-0.3, -0.25) is 9.59 Å². The van der Waals surface area contributed by atoms with Crippen molar-refractivity contribution in [2.45, 2.75) is 31.8 Å². The lowest BCUT2D eigenvalue weighted by Crippen LogP contribution is -2.49. The molecule has 0 radical (unpaired) electrons. The summed E-state index contributed by atoms with van der Waals surface area (Å²) in [5, 5.41) is 5.94. The third kappa shape index (κ3) is 7.10. The van der Waals surface area contributed by atoms with Crippen molar-refractivity contribution in [3.63, 3.8) is 0 Å². The van der Waals surface area contributed by atoms with Gasteiger partial charge in [0.25, 0.3) is 0 Å². The van der Waals surface area contributed by atoms with Crippen molar-refractivity contribution in [3.05, 3.63) is 95.6 Å². The van der Waals surface area contributed by atoms with Crippen molar-refractivity contribution < 1.29 is 19.1 Å². The Balaban J connectivity index is 1.71. The highest BCUT2D eigenvalue weighted by molar-refractivity contribution is 5.88. The van der Waals surface area contributed by atoms with Crippen LogP contribution in [0.25, 0.3) is 0 Å². The molecule has 0 heterocycles. The van der Waals surface area contributed by atoms with Crippen LogP contribution in [0.4, 0.5) is 0 Å². The third-order valence-electron chi connectivity index (χ3n) is 5.43. The number of benzene rings is 3. The summed E-state index contributed by atoms with van der Waals surface area (Å²) in [5.41, 5.74) is 2.77. The highest BCUT2D eigenvalue weighted by atomic mass is 16.5. The van der Waals surface area contributed by atoms with E-state index < -0.39 is 6.04 Å².